The Labute approximate surface area is 96.5 Å². The minimum absolute atomic E-state index is 0.0169. The third-order valence-electron chi connectivity index (χ3n) is 0.976. The third kappa shape index (κ3) is 6.50. The Bertz CT molecular complexity index is 154. The predicted molar refractivity (Wildman–Crippen MR) is 55.5 cm³/mol. The summed E-state index contributed by atoms with van der Waals surface area (Å²) >= 11 is 27.2. The van der Waals surface area contributed by atoms with Gasteiger partial charge >= 0.3 is 0 Å². The van der Waals surface area contributed by atoms with Gasteiger partial charge < -0.3 is 4.74 Å². The number of halogens is 5. The number of rotatable bonds is 5. The van der Waals surface area contributed by atoms with Crippen molar-refractivity contribution >= 4 is 58.0 Å². The minimum Gasteiger partial charge on any atom is -0.481 e. The molecule has 12 heavy (non-hydrogen) atoms. The average Bonchev–Trinajstić information content (AvgIpc) is 2.03. The van der Waals surface area contributed by atoms with Crippen molar-refractivity contribution in [2.75, 3.05) is 12.5 Å². The molecular weight excluding hydrogens is 265 g/mol. The molecule has 0 spiro atoms. The van der Waals surface area contributed by atoms with Gasteiger partial charge in [-0.25, -0.2) is 0 Å². The van der Waals surface area contributed by atoms with Crippen molar-refractivity contribution in [1.29, 1.82) is 0 Å². The largest absolute Gasteiger partial charge is 0.481 e. The zero-order valence-corrected chi connectivity index (χ0v) is 9.78. The second-order valence-corrected chi connectivity index (χ2v) is 4.14. The van der Waals surface area contributed by atoms with Gasteiger partial charge in [0, 0.05) is 5.88 Å². The Morgan fingerprint density at radius 1 is 1.25 bits per heavy atom. The van der Waals surface area contributed by atoms with E-state index in [0.717, 1.165) is 0 Å². The minimum atomic E-state index is -0.120. The lowest BCUT2D eigenvalue weighted by molar-refractivity contribution is 0.232. The van der Waals surface area contributed by atoms with Crippen LogP contribution < -0.4 is 0 Å². The quantitative estimate of drug-likeness (QED) is 0.541. The highest BCUT2D eigenvalue weighted by atomic mass is 35.5. The molecule has 0 saturated carbocycles. The Hall–Kier alpha value is 0.990. The maximum absolute atomic E-state index is 5.69. The van der Waals surface area contributed by atoms with Crippen molar-refractivity contribution < 1.29 is 4.74 Å². The second-order valence-electron chi connectivity index (χ2n) is 1.92. The number of alkyl halides is 2. The predicted octanol–water partition coefficient (Wildman–Crippen LogP) is 4.08. The smallest absolute Gasteiger partial charge is 0.217 e. The molecule has 0 aliphatic heterocycles. The molecule has 0 heterocycles. The van der Waals surface area contributed by atoms with Crippen molar-refractivity contribution in [2.45, 2.75) is 11.8 Å². The van der Waals surface area contributed by atoms with E-state index in [1.807, 2.05) is 0 Å². The summed E-state index contributed by atoms with van der Waals surface area (Å²) in [6, 6.07) is 0. The zero-order valence-electron chi connectivity index (χ0n) is 6.00. The molecule has 1 atom stereocenters. The molecule has 1 unspecified atom stereocenters. The van der Waals surface area contributed by atoms with E-state index in [1.54, 1.807) is 0 Å². The molecule has 0 aromatic rings. The molecule has 0 saturated heterocycles. The van der Waals surface area contributed by atoms with Crippen molar-refractivity contribution in [3.05, 3.63) is 9.71 Å². The molecule has 1 nitrogen and oxygen atoms in total. The summed E-state index contributed by atoms with van der Waals surface area (Å²) in [5, 5.41) is -0.137. The lowest BCUT2D eigenvalue weighted by Gasteiger charge is -2.06. The van der Waals surface area contributed by atoms with Crippen LogP contribution >= 0.6 is 58.0 Å². The fourth-order valence-electron chi connectivity index (χ4n) is 0.408. The van der Waals surface area contributed by atoms with Gasteiger partial charge in [0.2, 0.25) is 5.22 Å². The molecule has 0 aliphatic rings. The summed E-state index contributed by atoms with van der Waals surface area (Å²) in [4.78, 5) is 0. The molecule has 0 aromatic carbocycles. The lowest BCUT2D eigenvalue weighted by Crippen LogP contribution is -2.04. The van der Waals surface area contributed by atoms with Crippen LogP contribution in [0.2, 0.25) is 0 Å². The van der Waals surface area contributed by atoms with Crippen LogP contribution in [0.25, 0.3) is 0 Å². The number of ether oxygens (including phenoxy) is 1. The zero-order chi connectivity index (χ0) is 9.56. The maximum Gasteiger partial charge on any atom is 0.217 e. The molecule has 0 fully saturated rings. The van der Waals surface area contributed by atoms with E-state index in [4.69, 9.17) is 62.7 Å². The van der Waals surface area contributed by atoms with E-state index < -0.39 is 0 Å². The molecule has 0 rings (SSSR count). The van der Waals surface area contributed by atoms with Gasteiger partial charge in [-0.05, 0) is 18.0 Å². The van der Waals surface area contributed by atoms with Gasteiger partial charge in [-0.1, -0.05) is 23.2 Å². The average molecular weight is 272 g/mol. The van der Waals surface area contributed by atoms with Crippen LogP contribution in [0.5, 0.6) is 0 Å². The summed E-state index contributed by atoms with van der Waals surface area (Å²) in [7, 11) is 0. The highest BCUT2D eigenvalue weighted by Gasteiger charge is 2.04. The van der Waals surface area contributed by atoms with Crippen LogP contribution in [0, 0.1) is 0 Å². The van der Waals surface area contributed by atoms with Crippen LogP contribution in [0.1, 0.15) is 6.42 Å². The second kappa shape index (κ2) is 7.40. The Morgan fingerprint density at radius 3 is 2.25 bits per heavy atom. The molecule has 72 valence electrons. The first kappa shape index (κ1) is 13.0. The molecule has 0 N–H and O–H groups in total. The Balaban J connectivity index is 3.51. The van der Waals surface area contributed by atoms with E-state index >= 15 is 0 Å². The van der Waals surface area contributed by atoms with Crippen molar-refractivity contribution in [3.8, 4) is 0 Å². The SMILES string of the molecule is ClCC(Cl)CCOC(Cl)=C(Cl)Cl. The standard InChI is InChI=1S/C6H7Cl5O/c7-3-4(8)1-2-12-6(11)5(9)10/h4H,1-3H2. The lowest BCUT2D eigenvalue weighted by atomic mass is 10.3. The summed E-state index contributed by atoms with van der Waals surface area (Å²) in [6.45, 7) is 0.350. The highest BCUT2D eigenvalue weighted by Crippen LogP contribution is 2.19. The number of hydrogen-bond donors (Lipinski definition) is 0. The van der Waals surface area contributed by atoms with Gasteiger partial charge in [0.1, 0.15) is 0 Å². The molecule has 0 aliphatic carbocycles. The van der Waals surface area contributed by atoms with Gasteiger partial charge in [0.25, 0.3) is 0 Å². The molecule has 0 radical (unpaired) electrons. The van der Waals surface area contributed by atoms with Gasteiger partial charge in [-0.15, -0.1) is 23.2 Å². The molecular formula is C6H7Cl5O. The van der Waals surface area contributed by atoms with Gasteiger partial charge in [-0.2, -0.15) is 0 Å². The highest BCUT2D eigenvalue weighted by molar-refractivity contribution is 6.59. The van der Waals surface area contributed by atoms with E-state index in [2.05, 4.69) is 0 Å². The monoisotopic (exact) mass is 270 g/mol. The van der Waals surface area contributed by atoms with E-state index in [9.17, 15) is 0 Å². The van der Waals surface area contributed by atoms with E-state index in [-0.39, 0.29) is 15.1 Å². The van der Waals surface area contributed by atoms with Gasteiger partial charge in [-0.3, -0.25) is 0 Å². The van der Waals surface area contributed by atoms with Crippen LogP contribution in [-0.2, 0) is 4.74 Å². The van der Waals surface area contributed by atoms with Gasteiger partial charge in [0.05, 0.1) is 12.0 Å². The summed E-state index contributed by atoms with van der Waals surface area (Å²) < 4.78 is 4.82. The van der Waals surface area contributed by atoms with Crippen molar-refractivity contribution in [3.63, 3.8) is 0 Å². The Morgan fingerprint density at radius 2 is 1.83 bits per heavy atom. The fraction of sp³-hybridized carbons (Fsp3) is 0.667. The first-order valence-corrected chi connectivity index (χ1v) is 5.22. The topological polar surface area (TPSA) is 9.23 Å². The van der Waals surface area contributed by atoms with Crippen LogP contribution in [-0.4, -0.2) is 17.9 Å². The molecule has 0 bridgehead atoms. The van der Waals surface area contributed by atoms with Crippen molar-refractivity contribution in [1.82, 2.24) is 0 Å². The first-order chi connectivity index (χ1) is 5.57. The van der Waals surface area contributed by atoms with Crippen LogP contribution in [0.15, 0.2) is 9.71 Å². The van der Waals surface area contributed by atoms with Crippen LogP contribution in [0.4, 0.5) is 0 Å². The molecule has 0 aromatic heterocycles. The van der Waals surface area contributed by atoms with E-state index in [0.29, 0.717) is 18.9 Å². The van der Waals surface area contributed by atoms with Crippen LogP contribution in [0.3, 0.4) is 0 Å². The summed E-state index contributed by atoms with van der Waals surface area (Å²) in [6.07, 6.45) is 0.600. The Kier molecular flexibility index (Phi) is 8.01. The number of hydrogen-bond acceptors (Lipinski definition) is 1. The van der Waals surface area contributed by atoms with Gasteiger partial charge in [0.15, 0.2) is 4.49 Å². The summed E-state index contributed by atoms with van der Waals surface area (Å²) in [5.41, 5.74) is 0. The molecule has 0 amide bonds. The first-order valence-electron chi connectivity index (χ1n) is 3.11. The maximum atomic E-state index is 5.69. The third-order valence-corrected chi connectivity index (χ3v) is 2.71. The van der Waals surface area contributed by atoms with Crippen molar-refractivity contribution in [2.24, 2.45) is 0 Å². The summed E-state index contributed by atoms with van der Waals surface area (Å²) in [5.74, 6) is 0.376. The fourth-order valence-corrected chi connectivity index (χ4v) is 0.838. The molecule has 6 heteroatoms. The normalized spacial score (nSPS) is 12.4. The van der Waals surface area contributed by atoms with E-state index in [1.165, 1.54) is 0 Å².